The van der Waals surface area contributed by atoms with Crippen LogP contribution in [-0.4, -0.2) is 71.8 Å². The molecule has 2 fully saturated rings. The zero-order valence-electron chi connectivity index (χ0n) is 14.8. The van der Waals surface area contributed by atoms with Gasteiger partial charge in [0.2, 0.25) is 11.8 Å². The van der Waals surface area contributed by atoms with Crippen molar-refractivity contribution in [3.63, 3.8) is 0 Å². The lowest BCUT2D eigenvalue weighted by molar-refractivity contribution is -0.135. The molecule has 6 heteroatoms. The molecule has 0 spiro atoms. The van der Waals surface area contributed by atoms with Gasteiger partial charge in [-0.3, -0.25) is 14.6 Å². The topological polar surface area (TPSA) is 56.8 Å². The lowest BCUT2D eigenvalue weighted by Crippen LogP contribution is -2.39. The Labute approximate surface area is 143 Å². The second kappa shape index (κ2) is 6.51. The summed E-state index contributed by atoms with van der Waals surface area (Å²) in [6.07, 6.45) is 3.75. The third-order valence-corrected chi connectivity index (χ3v) is 5.48. The van der Waals surface area contributed by atoms with Crippen LogP contribution in [0.25, 0.3) is 0 Å². The first-order valence-corrected chi connectivity index (χ1v) is 8.51. The van der Waals surface area contributed by atoms with E-state index in [-0.39, 0.29) is 30.2 Å². The third kappa shape index (κ3) is 2.90. The molecule has 0 saturated carbocycles. The van der Waals surface area contributed by atoms with Crippen LogP contribution in [0, 0.1) is 11.8 Å². The molecule has 6 nitrogen and oxygen atoms in total. The summed E-state index contributed by atoms with van der Waals surface area (Å²) in [5, 5.41) is 0. The van der Waals surface area contributed by atoms with Crippen molar-refractivity contribution in [3.05, 3.63) is 30.1 Å². The minimum absolute atomic E-state index is 0.0265. The number of pyridine rings is 1. The number of hydrogen-bond donors (Lipinski definition) is 0. The van der Waals surface area contributed by atoms with Crippen LogP contribution in [0.1, 0.15) is 24.9 Å². The summed E-state index contributed by atoms with van der Waals surface area (Å²) >= 11 is 0. The Morgan fingerprint density at radius 3 is 2.67 bits per heavy atom. The number of amides is 2. The van der Waals surface area contributed by atoms with Crippen LogP contribution in [0.2, 0.25) is 0 Å². The highest BCUT2D eigenvalue weighted by molar-refractivity contribution is 5.90. The van der Waals surface area contributed by atoms with Gasteiger partial charge < -0.3 is 14.7 Å². The predicted molar refractivity (Wildman–Crippen MR) is 91.1 cm³/mol. The highest BCUT2D eigenvalue weighted by atomic mass is 16.2. The Balaban J connectivity index is 1.82. The molecule has 24 heavy (non-hydrogen) atoms. The first-order chi connectivity index (χ1) is 11.4. The number of rotatable bonds is 3. The molecule has 0 aliphatic carbocycles. The van der Waals surface area contributed by atoms with Crippen molar-refractivity contribution in [1.82, 2.24) is 19.7 Å². The molecule has 130 valence electrons. The summed E-state index contributed by atoms with van der Waals surface area (Å²) in [6, 6.07) is 3.96. The van der Waals surface area contributed by atoms with Gasteiger partial charge in [0.25, 0.3) is 0 Å². The van der Waals surface area contributed by atoms with Crippen LogP contribution < -0.4 is 0 Å². The van der Waals surface area contributed by atoms with Crippen LogP contribution in [0.5, 0.6) is 0 Å². The molecule has 0 unspecified atom stereocenters. The van der Waals surface area contributed by atoms with E-state index in [9.17, 15) is 9.59 Å². The lowest BCUT2D eigenvalue weighted by Gasteiger charge is -2.28. The van der Waals surface area contributed by atoms with Crippen molar-refractivity contribution < 1.29 is 9.59 Å². The van der Waals surface area contributed by atoms with Crippen LogP contribution >= 0.6 is 0 Å². The standard InChI is InChI=1S/C18H26N4O2/c1-12-10-22(11-15(12)20(2)3)18(24)14-8-16(23)21(4)17(14)13-6-5-7-19-9-13/h5-7,9,12,14-15,17H,8,10-11H2,1-4H3/t12-,14-,15+,17+/m1/s1. The van der Waals surface area contributed by atoms with E-state index in [1.807, 2.05) is 17.0 Å². The zero-order chi connectivity index (χ0) is 17.4. The van der Waals surface area contributed by atoms with Crippen molar-refractivity contribution >= 4 is 11.8 Å². The molecule has 2 aliphatic rings. The summed E-state index contributed by atoms with van der Waals surface area (Å²) in [4.78, 5) is 35.4. The average Bonchev–Trinajstić information content (AvgIpc) is 3.09. The Hall–Kier alpha value is -1.95. The normalized spacial score (nSPS) is 30.5. The minimum atomic E-state index is -0.320. The lowest BCUT2D eigenvalue weighted by atomic mass is 9.93. The number of nitrogens with zero attached hydrogens (tertiary/aromatic N) is 4. The van der Waals surface area contributed by atoms with E-state index in [4.69, 9.17) is 0 Å². The largest absolute Gasteiger partial charge is 0.340 e. The molecule has 3 heterocycles. The fraction of sp³-hybridized carbons (Fsp3) is 0.611. The molecule has 2 amide bonds. The molecular weight excluding hydrogens is 304 g/mol. The van der Waals surface area contributed by atoms with Crippen molar-refractivity contribution in [1.29, 1.82) is 0 Å². The number of carbonyl (C=O) groups is 2. The zero-order valence-corrected chi connectivity index (χ0v) is 14.8. The maximum absolute atomic E-state index is 13.1. The van der Waals surface area contributed by atoms with Gasteiger partial charge >= 0.3 is 0 Å². The Morgan fingerprint density at radius 2 is 2.08 bits per heavy atom. The average molecular weight is 330 g/mol. The van der Waals surface area contributed by atoms with Gasteiger partial charge in [-0.1, -0.05) is 13.0 Å². The van der Waals surface area contributed by atoms with Crippen molar-refractivity contribution in [2.75, 3.05) is 34.2 Å². The van der Waals surface area contributed by atoms with Gasteiger partial charge in [-0.15, -0.1) is 0 Å². The quantitative estimate of drug-likeness (QED) is 0.830. The number of likely N-dealkylation sites (tertiary alicyclic amines) is 2. The number of hydrogen-bond acceptors (Lipinski definition) is 4. The van der Waals surface area contributed by atoms with Crippen molar-refractivity contribution in [2.24, 2.45) is 11.8 Å². The molecule has 0 bridgehead atoms. The summed E-state index contributed by atoms with van der Waals surface area (Å²) in [6.45, 7) is 3.68. The molecule has 0 aromatic carbocycles. The van der Waals surface area contributed by atoms with Crippen LogP contribution in [0.15, 0.2) is 24.5 Å². The first-order valence-electron chi connectivity index (χ1n) is 8.51. The SMILES string of the molecule is C[C@@H]1CN(C(=O)[C@@H]2CC(=O)N(C)[C@H]2c2cccnc2)C[C@@H]1N(C)C. The molecule has 1 aromatic heterocycles. The predicted octanol–water partition coefficient (Wildman–Crippen LogP) is 1.01. The van der Waals surface area contributed by atoms with E-state index in [1.165, 1.54) is 0 Å². The van der Waals surface area contributed by atoms with Crippen LogP contribution in [0.3, 0.4) is 0 Å². The smallest absolute Gasteiger partial charge is 0.228 e. The number of aromatic nitrogens is 1. The fourth-order valence-electron chi connectivity index (χ4n) is 4.13. The van der Waals surface area contributed by atoms with E-state index < -0.39 is 0 Å². The highest BCUT2D eigenvalue weighted by Crippen LogP contribution is 2.38. The van der Waals surface area contributed by atoms with Gasteiger partial charge in [0.05, 0.1) is 12.0 Å². The summed E-state index contributed by atoms with van der Waals surface area (Å²) in [5.74, 6) is 0.242. The molecular formula is C18H26N4O2. The molecule has 0 N–H and O–H groups in total. The summed E-state index contributed by atoms with van der Waals surface area (Å²) < 4.78 is 0. The Kier molecular flexibility index (Phi) is 4.58. The van der Waals surface area contributed by atoms with Crippen LogP contribution in [-0.2, 0) is 9.59 Å². The Morgan fingerprint density at radius 1 is 1.33 bits per heavy atom. The van der Waals surface area contributed by atoms with Crippen LogP contribution in [0.4, 0.5) is 0 Å². The van der Waals surface area contributed by atoms with Crippen molar-refractivity contribution in [2.45, 2.75) is 25.4 Å². The Bertz CT molecular complexity index is 619. The monoisotopic (exact) mass is 330 g/mol. The van der Waals surface area contributed by atoms with Gasteiger partial charge in [-0.2, -0.15) is 0 Å². The van der Waals surface area contributed by atoms with Gasteiger partial charge in [-0.05, 0) is 31.6 Å². The summed E-state index contributed by atoms with van der Waals surface area (Å²) in [5.41, 5.74) is 0.931. The highest BCUT2D eigenvalue weighted by Gasteiger charge is 2.46. The van der Waals surface area contributed by atoms with Gasteiger partial charge in [0, 0.05) is 45.0 Å². The summed E-state index contributed by atoms with van der Waals surface area (Å²) in [7, 11) is 5.89. The second-order valence-corrected chi connectivity index (χ2v) is 7.30. The van der Waals surface area contributed by atoms with Crippen molar-refractivity contribution in [3.8, 4) is 0 Å². The van der Waals surface area contributed by atoms with E-state index in [2.05, 4.69) is 30.9 Å². The fourth-order valence-corrected chi connectivity index (χ4v) is 4.13. The third-order valence-electron chi connectivity index (χ3n) is 5.48. The van der Waals surface area contributed by atoms with E-state index in [0.29, 0.717) is 12.0 Å². The minimum Gasteiger partial charge on any atom is -0.340 e. The maximum Gasteiger partial charge on any atom is 0.228 e. The maximum atomic E-state index is 13.1. The molecule has 4 atom stereocenters. The molecule has 2 aliphatic heterocycles. The first kappa shape index (κ1) is 16.9. The number of likely N-dealkylation sites (N-methyl/N-ethyl adjacent to an activating group) is 1. The van der Waals surface area contributed by atoms with Gasteiger partial charge in [-0.25, -0.2) is 0 Å². The second-order valence-electron chi connectivity index (χ2n) is 7.30. The van der Waals surface area contributed by atoms with E-state index in [1.54, 1.807) is 24.3 Å². The molecule has 2 saturated heterocycles. The van der Waals surface area contributed by atoms with E-state index >= 15 is 0 Å². The molecule has 0 radical (unpaired) electrons. The number of carbonyl (C=O) groups excluding carboxylic acids is 2. The molecule has 1 aromatic rings. The van der Waals surface area contributed by atoms with Gasteiger partial charge in [0.1, 0.15) is 0 Å². The van der Waals surface area contributed by atoms with E-state index in [0.717, 1.165) is 18.7 Å². The van der Waals surface area contributed by atoms with Gasteiger partial charge in [0.15, 0.2) is 0 Å². The molecule has 3 rings (SSSR count).